The number of anilines is 1. The molecule has 0 bridgehead atoms. The van der Waals surface area contributed by atoms with Gasteiger partial charge < -0.3 is 10.1 Å². The molecule has 4 nitrogen and oxygen atoms in total. The van der Waals surface area contributed by atoms with Gasteiger partial charge in [0.1, 0.15) is 5.82 Å². The molecule has 0 aromatic carbocycles. The summed E-state index contributed by atoms with van der Waals surface area (Å²) in [7, 11) is 0. The minimum absolute atomic E-state index is 0.420. The van der Waals surface area contributed by atoms with Crippen molar-refractivity contribution in [2.24, 2.45) is 0 Å². The second-order valence-corrected chi connectivity index (χ2v) is 2.31. The van der Waals surface area contributed by atoms with Crippen LogP contribution in [0, 0.1) is 0 Å². The molecule has 0 aliphatic carbocycles. The third kappa shape index (κ3) is 1.27. The SMILES string of the molecule is c1cc(NCC2CO2)[nH]n1. The maximum atomic E-state index is 5.01. The summed E-state index contributed by atoms with van der Waals surface area (Å²) in [4.78, 5) is 0. The number of hydrogen-bond donors (Lipinski definition) is 2. The highest BCUT2D eigenvalue weighted by Crippen LogP contribution is 2.09. The molecular formula is C6H9N3O. The number of nitrogens with one attached hydrogen (secondary N) is 2. The van der Waals surface area contributed by atoms with Crippen molar-refractivity contribution in [1.82, 2.24) is 10.2 Å². The lowest BCUT2D eigenvalue weighted by atomic mass is 10.5. The fourth-order valence-electron chi connectivity index (χ4n) is 0.764. The lowest BCUT2D eigenvalue weighted by Gasteiger charge is -1.97. The fraction of sp³-hybridized carbons (Fsp3) is 0.500. The molecule has 10 heavy (non-hydrogen) atoms. The van der Waals surface area contributed by atoms with Gasteiger partial charge >= 0.3 is 0 Å². The van der Waals surface area contributed by atoms with Gasteiger partial charge in [-0.2, -0.15) is 5.10 Å². The number of aromatic nitrogens is 2. The number of nitrogens with zero attached hydrogens (tertiary/aromatic N) is 1. The first kappa shape index (κ1) is 5.73. The van der Waals surface area contributed by atoms with E-state index in [2.05, 4.69) is 15.5 Å². The van der Waals surface area contributed by atoms with Crippen LogP contribution in [0.15, 0.2) is 12.3 Å². The van der Waals surface area contributed by atoms with Crippen molar-refractivity contribution >= 4 is 5.82 Å². The second kappa shape index (κ2) is 2.30. The van der Waals surface area contributed by atoms with Gasteiger partial charge in [0, 0.05) is 6.54 Å². The molecule has 2 rings (SSSR count). The van der Waals surface area contributed by atoms with E-state index in [9.17, 15) is 0 Å². The smallest absolute Gasteiger partial charge is 0.121 e. The Hall–Kier alpha value is -1.03. The van der Waals surface area contributed by atoms with Gasteiger partial charge in [-0.1, -0.05) is 0 Å². The molecule has 2 N–H and O–H groups in total. The van der Waals surface area contributed by atoms with Crippen LogP contribution in [0.5, 0.6) is 0 Å². The Balaban J connectivity index is 1.79. The Bertz CT molecular complexity index is 193. The predicted molar refractivity (Wildman–Crippen MR) is 36.8 cm³/mol. The monoisotopic (exact) mass is 139 g/mol. The topological polar surface area (TPSA) is 53.2 Å². The minimum Gasteiger partial charge on any atom is -0.371 e. The van der Waals surface area contributed by atoms with E-state index in [1.807, 2.05) is 6.07 Å². The van der Waals surface area contributed by atoms with Crippen LogP contribution in [0.25, 0.3) is 0 Å². The Labute approximate surface area is 58.6 Å². The average molecular weight is 139 g/mol. The zero-order valence-electron chi connectivity index (χ0n) is 5.50. The van der Waals surface area contributed by atoms with Crippen LogP contribution < -0.4 is 5.32 Å². The number of aromatic amines is 1. The summed E-state index contributed by atoms with van der Waals surface area (Å²) in [5.41, 5.74) is 0. The molecule has 0 amide bonds. The van der Waals surface area contributed by atoms with Gasteiger partial charge in [0.25, 0.3) is 0 Å². The van der Waals surface area contributed by atoms with E-state index in [1.54, 1.807) is 6.20 Å². The summed E-state index contributed by atoms with van der Waals surface area (Å²) < 4.78 is 5.01. The fourth-order valence-corrected chi connectivity index (χ4v) is 0.764. The number of hydrogen-bond acceptors (Lipinski definition) is 3. The van der Waals surface area contributed by atoms with Crippen molar-refractivity contribution in [2.45, 2.75) is 6.10 Å². The molecule has 0 saturated carbocycles. The van der Waals surface area contributed by atoms with Crippen molar-refractivity contribution in [3.05, 3.63) is 12.3 Å². The Morgan fingerprint density at radius 2 is 2.80 bits per heavy atom. The molecular weight excluding hydrogens is 130 g/mol. The third-order valence-electron chi connectivity index (χ3n) is 1.42. The molecule has 54 valence electrons. The lowest BCUT2D eigenvalue weighted by Crippen LogP contribution is -2.07. The van der Waals surface area contributed by atoms with Crippen LogP contribution >= 0.6 is 0 Å². The van der Waals surface area contributed by atoms with Crippen molar-refractivity contribution in [3.63, 3.8) is 0 Å². The number of ether oxygens (including phenoxy) is 1. The summed E-state index contributed by atoms with van der Waals surface area (Å²) in [5, 5.41) is 9.74. The van der Waals surface area contributed by atoms with E-state index in [0.29, 0.717) is 6.10 Å². The summed E-state index contributed by atoms with van der Waals surface area (Å²) in [5.74, 6) is 0.954. The molecule has 1 atom stereocenters. The maximum absolute atomic E-state index is 5.01. The van der Waals surface area contributed by atoms with Crippen LogP contribution in [0.1, 0.15) is 0 Å². The van der Waals surface area contributed by atoms with Gasteiger partial charge in [-0.15, -0.1) is 0 Å². The van der Waals surface area contributed by atoms with Crippen LogP contribution in [-0.4, -0.2) is 29.5 Å². The normalized spacial score (nSPS) is 22.6. The van der Waals surface area contributed by atoms with Gasteiger partial charge in [-0.05, 0) is 6.07 Å². The highest BCUT2D eigenvalue weighted by molar-refractivity contribution is 5.31. The van der Waals surface area contributed by atoms with Gasteiger partial charge in [0.15, 0.2) is 0 Å². The van der Waals surface area contributed by atoms with Crippen molar-refractivity contribution in [3.8, 4) is 0 Å². The maximum Gasteiger partial charge on any atom is 0.121 e. The van der Waals surface area contributed by atoms with E-state index >= 15 is 0 Å². The Morgan fingerprint density at radius 3 is 3.40 bits per heavy atom. The first-order valence-corrected chi connectivity index (χ1v) is 3.30. The quantitative estimate of drug-likeness (QED) is 0.589. The average Bonchev–Trinajstić information content (AvgIpc) is 2.63. The summed E-state index contributed by atoms with van der Waals surface area (Å²) in [6.45, 7) is 1.77. The van der Waals surface area contributed by atoms with E-state index in [4.69, 9.17) is 4.74 Å². The standard InChI is InChI=1S/C6H9N3O/c1-2-8-9-6(1)7-3-5-4-10-5/h1-2,5H,3-4H2,(H2,7,8,9). The molecule has 1 fully saturated rings. The lowest BCUT2D eigenvalue weighted by molar-refractivity contribution is 0.416. The Kier molecular flexibility index (Phi) is 1.32. The highest BCUT2D eigenvalue weighted by Gasteiger charge is 2.21. The van der Waals surface area contributed by atoms with Crippen molar-refractivity contribution in [2.75, 3.05) is 18.5 Å². The first-order chi connectivity index (χ1) is 4.95. The molecule has 1 saturated heterocycles. The van der Waals surface area contributed by atoms with E-state index in [1.165, 1.54) is 0 Å². The zero-order chi connectivity index (χ0) is 6.81. The summed E-state index contributed by atoms with van der Waals surface area (Å²) >= 11 is 0. The molecule has 0 spiro atoms. The minimum atomic E-state index is 0.420. The molecule has 1 aromatic heterocycles. The highest BCUT2D eigenvalue weighted by atomic mass is 16.6. The molecule has 1 aliphatic heterocycles. The Morgan fingerprint density at radius 1 is 1.90 bits per heavy atom. The number of H-pyrrole nitrogens is 1. The van der Waals surface area contributed by atoms with E-state index < -0.39 is 0 Å². The molecule has 1 aliphatic rings. The molecule has 1 aromatic rings. The van der Waals surface area contributed by atoms with Gasteiger partial charge in [-0.25, -0.2) is 0 Å². The van der Waals surface area contributed by atoms with Crippen LogP contribution in [0.4, 0.5) is 5.82 Å². The van der Waals surface area contributed by atoms with E-state index in [0.717, 1.165) is 19.0 Å². The predicted octanol–water partition coefficient (Wildman–Crippen LogP) is 0.220. The first-order valence-electron chi connectivity index (χ1n) is 3.30. The molecule has 0 radical (unpaired) electrons. The van der Waals surface area contributed by atoms with Crippen LogP contribution in [0.2, 0.25) is 0 Å². The van der Waals surface area contributed by atoms with Gasteiger partial charge in [0.2, 0.25) is 0 Å². The summed E-state index contributed by atoms with van der Waals surface area (Å²) in [6, 6.07) is 1.89. The zero-order valence-corrected chi connectivity index (χ0v) is 5.50. The second-order valence-electron chi connectivity index (χ2n) is 2.31. The molecule has 4 heteroatoms. The van der Waals surface area contributed by atoms with Crippen LogP contribution in [-0.2, 0) is 4.74 Å². The van der Waals surface area contributed by atoms with Gasteiger partial charge in [0.05, 0.1) is 18.9 Å². The van der Waals surface area contributed by atoms with Gasteiger partial charge in [-0.3, -0.25) is 5.10 Å². The third-order valence-corrected chi connectivity index (χ3v) is 1.42. The molecule has 1 unspecified atom stereocenters. The number of epoxide rings is 1. The molecule has 2 heterocycles. The number of rotatable bonds is 3. The largest absolute Gasteiger partial charge is 0.371 e. The van der Waals surface area contributed by atoms with Crippen molar-refractivity contribution in [1.29, 1.82) is 0 Å². The van der Waals surface area contributed by atoms with E-state index in [-0.39, 0.29) is 0 Å². The van der Waals surface area contributed by atoms with Crippen LogP contribution in [0.3, 0.4) is 0 Å². The summed E-state index contributed by atoms with van der Waals surface area (Å²) in [6.07, 6.45) is 2.14. The van der Waals surface area contributed by atoms with Crippen molar-refractivity contribution < 1.29 is 4.74 Å².